The molecule has 4 aromatic rings. The number of rotatable bonds is 2. The van der Waals surface area contributed by atoms with E-state index >= 15 is 0 Å². The molecular formula is C18H12N2O2. The number of hydrogen-bond donors (Lipinski definition) is 1. The molecule has 0 atom stereocenters. The van der Waals surface area contributed by atoms with Crippen LogP contribution in [-0.2, 0) is 0 Å². The number of pyridine rings is 1. The van der Waals surface area contributed by atoms with E-state index in [2.05, 4.69) is 35.3 Å². The van der Waals surface area contributed by atoms with Crippen LogP contribution < -0.4 is 0 Å². The Balaban J connectivity index is 1.86. The van der Waals surface area contributed by atoms with Crippen molar-refractivity contribution < 1.29 is 9.90 Å². The molecule has 0 aliphatic rings. The molecule has 2 heterocycles. The maximum Gasteiger partial charge on any atom is 0.356 e. The van der Waals surface area contributed by atoms with E-state index in [1.54, 1.807) is 4.40 Å². The van der Waals surface area contributed by atoms with Crippen LogP contribution in [-0.4, -0.2) is 20.5 Å². The second-order valence-corrected chi connectivity index (χ2v) is 5.18. The van der Waals surface area contributed by atoms with E-state index in [1.807, 2.05) is 30.5 Å². The van der Waals surface area contributed by atoms with Gasteiger partial charge in [-0.05, 0) is 40.1 Å². The zero-order valence-electron chi connectivity index (χ0n) is 11.6. The van der Waals surface area contributed by atoms with E-state index in [0.717, 1.165) is 11.1 Å². The molecule has 22 heavy (non-hydrogen) atoms. The van der Waals surface area contributed by atoms with Crippen LogP contribution >= 0.6 is 0 Å². The first-order valence-corrected chi connectivity index (χ1v) is 6.92. The molecule has 0 bridgehead atoms. The highest BCUT2D eigenvalue weighted by molar-refractivity contribution is 5.88. The second-order valence-electron chi connectivity index (χ2n) is 5.18. The molecular weight excluding hydrogens is 276 g/mol. The number of benzene rings is 2. The van der Waals surface area contributed by atoms with Crippen molar-refractivity contribution in [1.82, 2.24) is 9.38 Å². The van der Waals surface area contributed by atoms with Crippen molar-refractivity contribution in [3.05, 3.63) is 72.7 Å². The number of carbonyl (C=O) groups is 1. The minimum atomic E-state index is -1.02. The molecule has 4 nitrogen and oxygen atoms in total. The minimum absolute atomic E-state index is 0.0515. The summed E-state index contributed by atoms with van der Waals surface area (Å²) in [5.74, 6) is -1.02. The number of carboxylic acids is 1. The van der Waals surface area contributed by atoms with Gasteiger partial charge in [0.2, 0.25) is 0 Å². The van der Waals surface area contributed by atoms with Gasteiger partial charge in [-0.15, -0.1) is 0 Å². The Bertz CT molecular complexity index is 1020. The average molecular weight is 288 g/mol. The van der Waals surface area contributed by atoms with Gasteiger partial charge in [-0.1, -0.05) is 36.4 Å². The highest BCUT2D eigenvalue weighted by atomic mass is 16.4. The Labute approximate surface area is 126 Å². The summed E-state index contributed by atoms with van der Waals surface area (Å²) in [5, 5.41) is 11.4. The molecule has 4 rings (SSSR count). The maximum atomic E-state index is 11.0. The highest BCUT2D eigenvalue weighted by Crippen LogP contribution is 2.25. The molecule has 0 aliphatic carbocycles. The van der Waals surface area contributed by atoms with E-state index in [1.165, 1.54) is 17.0 Å². The zero-order chi connectivity index (χ0) is 15.1. The Morgan fingerprint density at radius 3 is 2.50 bits per heavy atom. The van der Waals surface area contributed by atoms with Crippen LogP contribution in [0.15, 0.2) is 67.0 Å². The van der Waals surface area contributed by atoms with Crippen LogP contribution in [0.4, 0.5) is 0 Å². The lowest BCUT2D eigenvalue weighted by molar-refractivity contribution is 0.0691. The topological polar surface area (TPSA) is 54.6 Å². The molecule has 0 saturated heterocycles. The smallest absolute Gasteiger partial charge is 0.356 e. The predicted octanol–water partition coefficient (Wildman–Crippen LogP) is 3.85. The lowest BCUT2D eigenvalue weighted by Gasteiger charge is -2.05. The Hall–Kier alpha value is -3.14. The Kier molecular flexibility index (Phi) is 2.69. The minimum Gasteiger partial charge on any atom is -0.476 e. The number of carboxylic acid groups (broad SMARTS) is 1. The monoisotopic (exact) mass is 288 g/mol. The van der Waals surface area contributed by atoms with Gasteiger partial charge in [-0.2, -0.15) is 0 Å². The summed E-state index contributed by atoms with van der Waals surface area (Å²) in [7, 11) is 0. The van der Waals surface area contributed by atoms with Gasteiger partial charge in [0.25, 0.3) is 0 Å². The number of nitrogens with zero attached hydrogens (tertiary/aromatic N) is 2. The number of imidazole rings is 1. The number of fused-ring (bicyclic) bond motifs is 2. The van der Waals surface area contributed by atoms with Gasteiger partial charge < -0.3 is 9.51 Å². The highest BCUT2D eigenvalue weighted by Gasteiger charge is 2.09. The summed E-state index contributed by atoms with van der Waals surface area (Å²) in [6, 6.07) is 18.3. The summed E-state index contributed by atoms with van der Waals surface area (Å²) >= 11 is 0. The molecule has 2 aromatic heterocycles. The fourth-order valence-corrected chi connectivity index (χ4v) is 2.63. The van der Waals surface area contributed by atoms with Crippen LogP contribution in [0, 0.1) is 0 Å². The van der Waals surface area contributed by atoms with E-state index in [-0.39, 0.29) is 5.69 Å². The predicted molar refractivity (Wildman–Crippen MR) is 85.1 cm³/mol. The first-order chi connectivity index (χ1) is 10.7. The lowest BCUT2D eigenvalue weighted by Crippen LogP contribution is -1.94. The number of hydrogen-bond acceptors (Lipinski definition) is 2. The van der Waals surface area contributed by atoms with Gasteiger partial charge in [0, 0.05) is 12.4 Å². The molecule has 2 aromatic carbocycles. The van der Waals surface area contributed by atoms with Crippen molar-refractivity contribution in [1.29, 1.82) is 0 Å². The third kappa shape index (κ3) is 2.02. The van der Waals surface area contributed by atoms with Crippen LogP contribution in [0.2, 0.25) is 0 Å². The average Bonchev–Trinajstić information content (AvgIpc) is 2.98. The van der Waals surface area contributed by atoms with Gasteiger partial charge in [0.1, 0.15) is 5.65 Å². The standard InChI is InChI=1S/C18H12N2O2/c21-18(22)16-11-20-10-15(7-8-17(20)19-16)14-6-5-12-3-1-2-4-13(12)9-14/h1-11H,(H,21,22). The van der Waals surface area contributed by atoms with E-state index in [4.69, 9.17) is 5.11 Å². The van der Waals surface area contributed by atoms with Crippen molar-refractivity contribution in [2.24, 2.45) is 0 Å². The largest absolute Gasteiger partial charge is 0.476 e. The molecule has 0 amide bonds. The maximum absolute atomic E-state index is 11.0. The lowest BCUT2D eigenvalue weighted by atomic mass is 10.0. The normalized spacial score (nSPS) is 11.1. The summed E-state index contributed by atoms with van der Waals surface area (Å²) in [5.41, 5.74) is 2.79. The van der Waals surface area contributed by atoms with Crippen LogP contribution in [0.25, 0.3) is 27.5 Å². The van der Waals surface area contributed by atoms with E-state index < -0.39 is 5.97 Å². The summed E-state index contributed by atoms with van der Waals surface area (Å²) in [4.78, 5) is 15.1. The van der Waals surface area contributed by atoms with Crippen molar-refractivity contribution in [3.8, 4) is 11.1 Å². The summed E-state index contributed by atoms with van der Waals surface area (Å²) in [6.45, 7) is 0. The van der Waals surface area contributed by atoms with E-state index in [9.17, 15) is 4.79 Å². The molecule has 106 valence electrons. The van der Waals surface area contributed by atoms with Gasteiger partial charge in [-0.25, -0.2) is 9.78 Å². The van der Waals surface area contributed by atoms with Crippen molar-refractivity contribution >= 4 is 22.4 Å². The number of aromatic nitrogens is 2. The quantitative estimate of drug-likeness (QED) is 0.609. The molecule has 0 aliphatic heterocycles. The first kappa shape index (κ1) is 12.6. The summed E-state index contributed by atoms with van der Waals surface area (Å²) < 4.78 is 1.74. The van der Waals surface area contributed by atoms with Crippen LogP contribution in [0.3, 0.4) is 0 Å². The van der Waals surface area contributed by atoms with Crippen molar-refractivity contribution in [2.45, 2.75) is 0 Å². The van der Waals surface area contributed by atoms with Gasteiger partial charge in [0.05, 0.1) is 0 Å². The van der Waals surface area contributed by atoms with Gasteiger partial charge in [0.15, 0.2) is 5.69 Å². The molecule has 0 radical (unpaired) electrons. The zero-order valence-corrected chi connectivity index (χ0v) is 11.6. The molecule has 0 fully saturated rings. The first-order valence-electron chi connectivity index (χ1n) is 6.92. The third-order valence-electron chi connectivity index (χ3n) is 3.75. The molecule has 4 heteroatoms. The fraction of sp³-hybridized carbons (Fsp3) is 0. The SMILES string of the molecule is O=C(O)c1cn2cc(-c3ccc4ccccc4c3)ccc2n1. The fourth-order valence-electron chi connectivity index (χ4n) is 2.63. The van der Waals surface area contributed by atoms with E-state index in [0.29, 0.717) is 5.65 Å². The number of aromatic carboxylic acids is 1. The Morgan fingerprint density at radius 1 is 0.909 bits per heavy atom. The molecule has 0 unspecified atom stereocenters. The summed E-state index contributed by atoms with van der Waals surface area (Å²) in [6.07, 6.45) is 3.43. The van der Waals surface area contributed by atoms with Gasteiger partial charge in [-0.3, -0.25) is 0 Å². The molecule has 0 saturated carbocycles. The van der Waals surface area contributed by atoms with Crippen LogP contribution in [0.1, 0.15) is 10.5 Å². The Morgan fingerprint density at radius 2 is 1.68 bits per heavy atom. The second kappa shape index (κ2) is 4.70. The van der Waals surface area contributed by atoms with Gasteiger partial charge >= 0.3 is 5.97 Å². The third-order valence-corrected chi connectivity index (χ3v) is 3.75. The van der Waals surface area contributed by atoms with Crippen molar-refractivity contribution in [2.75, 3.05) is 0 Å². The van der Waals surface area contributed by atoms with Crippen molar-refractivity contribution in [3.63, 3.8) is 0 Å². The molecule has 1 N–H and O–H groups in total. The molecule has 0 spiro atoms. The van der Waals surface area contributed by atoms with Crippen LogP contribution in [0.5, 0.6) is 0 Å².